The number of pyridine rings is 1. The highest BCUT2D eigenvalue weighted by Crippen LogP contribution is 2.34. The van der Waals surface area contributed by atoms with Crippen molar-refractivity contribution >= 4 is 24.1 Å². The molecular weight excluding hydrogens is 354 g/mol. The predicted octanol–water partition coefficient (Wildman–Crippen LogP) is 1.92. The number of hydrogen-bond acceptors (Lipinski definition) is 4. The zero-order valence-corrected chi connectivity index (χ0v) is 16.1. The first kappa shape index (κ1) is 19.1. The first-order valence-corrected chi connectivity index (χ1v) is 9.18. The Labute approximate surface area is 159 Å². The first-order chi connectivity index (χ1) is 11.9. The van der Waals surface area contributed by atoms with Crippen LogP contribution in [0.25, 0.3) is 0 Å². The lowest BCUT2D eigenvalue weighted by molar-refractivity contribution is 0.0678. The molecule has 4 rings (SSSR count). The summed E-state index contributed by atoms with van der Waals surface area (Å²) in [6.07, 6.45) is 3.97. The molecule has 3 aliphatic rings. The Kier molecular flexibility index (Phi) is 5.01. The Morgan fingerprint density at radius 2 is 1.88 bits per heavy atom. The van der Waals surface area contributed by atoms with Crippen LogP contribution in [0.15, 0.2) is 10.9 Å². The number of aromatic amines is 1. The summed E-state index contributed by atoms with van der Waals surface area (Å²) < 4.78 is 0. The first-order valence-electron chi connectivity index (χ1n) is 9.18. The minimum atomic E-state index is -0.370. The second-order valence-electron chi connectivity index (χ2n) is 8.44. The Balaban J connectivity index is 0.00000196. The maximum absolute atomic E-state index is 13.1. The lowest BCUT2D eigenvalue weighted by atomic mass is 9.75. The van der Waals surface area contributed by atoms with Gasteiger partial charge in [0.15, 0.2) is 5.78 Å². The van der Waals surface area contributed by atoms with Gasteiger partial charge in [-0.2, -0.15) is 0 Å². The summed E-state index contributed by atoms with van der Waals surface area (Å²) in [7, 11) is 0. The third-order valence-electron chi connectivity index (χ3n) is 5.84. The van der Waals surface area contributed by atoms with Crippen molar-refractivity contribution in [3.63, 3.8) is 0 Å². The summed E-state index contributed by atoms with van der Waals surface area (Å²) in [5, 5.41) is 3.36. The molecule has 1 aliphatic carbocycles. The van der Waals surface area contributed by atoms with E-state index in [1.807, 2.05) is 18.7 Å². The van der Waals surface area contributed by atoms with Gasteiger partial charge in [-0.1, -0.05) is 13.8 Å². The van der Waals surface area contributed by atoms with Gasteiger partial charge in [0.2, 0.25) is 0 Å². The van der Waals surface area contributed by atoms with Crippen molar-refractivity contribution in [3.8, 4) is 0 Å². The highest BCUT2D eigenvalue weighted by atomic mass is 35.5. The standard InChI is InChI=1S/C19H25N3O3.ClH/c1-19(2)8-15-13(16(23)9-19)7-14(17(24)21-15)18(25)22-11-3-4-12(22)10-20-6-5-11;/h7,11-12,20H,3-6,8-10H2,1-2H3,(H,21,24);1H. The van der Waals surface area contributed by atoms with E-state index in [2.05, 4.69) is 10.3 Å². The minimum Gasteiger partial charge on any atom is -0.331 e. The molecule has 26 heavy (non-hydrogen) atoms. The molecule has 2 fully saturated rings. The molecule has 2 unspecified atom stereocenters. The van der Waals surface area contributed by atoms with E-state index >= 15 is 0 Å². The third-order valence-corrected chi connectivity index (χ3v) is 5.84. The van der Waals surface area contributed by atoms with Crippen molar-refractivity contribution in [1.82, 2.24) is 15.2 Å². The normalized spacial score (nSPS) is 26.7. The van der Waals surface area contributed by atoms with Crippen LogP contribution in [-0.4, -0.2) is 46.7 Å². The van der Waals surface area contributed by atoms with Crippen LogP contribution in [0.3, 0.4) is 0 Å². The van der Waals surface area contributed by atoms with E-state index in [4.69, 9.17) is 0 Å². The van der Waals surface area contributed by atoms with Crippen LogP contribution in [-0.2, 0) is 6.42 Å². The second-order valence-corrected chi connectivity index (χ2v) is 8.44. The number of H-pyrrole nitrogens is 1. The van der Waals surface area contributed by atoms with Crippen LogP contribution in [0.1, 0.15) is 65.9 Å². The summed E-state index contributed by atoms with van der Waals surface area (Å²) in [4.78, 5) is 42.9. The molecule has 3 heterocycles. The van der Waals surface area contributed by atoms with Crippen LogP contribution in [0.2, 0.25) is 0 Å². The van der Waals surface area contributed by atoms with Gasteiger partial charge in [0, 0.05) is 36.3 Å². The predicted molar refractivity (Wildman–Crippen MR) is 101 cm³/mol. The Hall–Kier alpha value is -1.66. The van der Waals surface area contributed by atoms with Gasteiger partial charge in [-0.3, -0.25) is 14.4 Å². The molecule has 0 saturated carbocycles. The van der Waals surface area contributed by atoms with E-state index in [0.29, 0.717) is 24.1 Å². The summed E-state index contributed by atoms with van der Waals surface area (Å²) in [6.45, 7) is 5.72. The number of rotatable bonds is 1. The number of aromatic nitrogens is 1. The average Bonchev–Trinajstić information content (AvgIpc) is 2.77. The number of Topliss-reactive ketones (excluding diaryl/α,β-unsaturated/α-hetero) is 1. The van der Waals surface area contributed by atoms with E-state index in [0.717, 1.165) is 32.4 Å². The molecule has 142 valence electrons. The molecule has 2 N–H and O–H groups in total. The van der Waals surface area contributed by atoms with Crippen molar-refractivity contribution in [2.24, 2.45) is 5.41 Å². The van der Waals surface area contributed by atoms with Crippen molar-refractivity contribution < 1.29 is 9.59 Å². The maximum Gasteiger partial charge on any atom is 0.261 e. The molecule has 1 aromatic rings. The van der Waals surface area contributed by atoms with Crippen LogP contribution in [0.5, 0.6) is 0 Å². The van der Waals surface area contributed by atoms with Crippen LogP contribution >= 0.6 is 12.4 Å². The fourth-order valence-corrected chi connectivity index (χ4v) is 4.64. The quantitative estimate of drug-likeness (QED) is 0.781. The fraction of sp³-hybridized carbons (Fsp3) is 0.632. The highest BCUT2D eigenvalue weighted by molar-refractivity contribution is 6.02. The molecule has 6 nitrogen and oxygen atoms in total. The molecular formula is C19H26ClN3O3. The van der Waals surface area contributed by atoms with Gasteiger partial charge >= 0.3 is 0 Å². The Bertz CT molecular complexity index is 788. The van der Waals surface area contributed by atoms with Gasteiger partial charge in [0.1, 0.15) is 5.56 Å². The zero-order chi connectivity index (χ0) is 17.8. The monoisotopic (exact) mass is 379 g/mol. The van der Waals surface area contributed by atoms with Gasteiger partial charge in [0.25, 0.3) is 11.5 Å². The molecule has 0 aromatic carbocycles. The highest BCUT2D eigenvalue weighted by Gasteiger charge is 2.40. The summed E-state index contributed by atoms with van der Waals surface area (Å²) in [5.74, 6) is -0.213. The number of nitrogens with one attached hydrogen (secondary N) is 2. The molecule has 1 aromatic heterocycles. The number of amides is 1. The van der Waals surface area contributed by atoms with Crippen LogP contribution in [0, 0.1) is 5.41 Å². The Morgan fingerprint density at radius 3 is 2.65 bits per heavy atom. The number of halogens is 1. The molecule has 2 atom stereocenters. The van der Waals surface area contributed by atoms with Gasteiger partial charge in [0.05, 0.1) is 0 Å². The van der Waals surface area contributed by atoms with Crippen molar-refractivity contribution in [2.75, 3.05) is 13.1 Å². The van der Waals surface area contributed by atoms with E-state index in [1.54, 1.807) is 6.07 Å². The number of ketones is 1. The lowest BCUT2D eigenvalue weighted by Gasteiger charge is -2.31. The molecule has 2 saturated heterocycles. The van der Waals surface area contributed by atoms with Gasteiger partial charge in [-0.05, 0) is 43.7 Å². The lowest BCUT2D eigenvalue weighted by Crippen LogP contribution is -2.44. The average molecular weight is 380 g/mol. The second kappa shape index (κ2) is 6.82. The van der Waals surface area contributed by atoms with Crippen LogP contribution < -0.4 is 10.9 Å². The largest absolute Gasteiger partial charge is 0.331 e. The number of fused-ring (bicyclic) bond motifs is 3. The van der Waals surface area contributed by atoms with E-state index in [9.17, 15) is 14.4 Å². The minimum absolute atomic E-state index is 0. The van der Waals surface area contributed by atoms with Gasteiger partial charge < -0.3 is 15.2 Å². The maximum atomic E-state index is 13.1. The van der Waals surface area contributed by atoms with Gasteiger partial charge in [-0.15, -0.1) is 12.4 Å². The topological polar surface area (TPSA) is 82.3 Å². The molecule has 0 radical (unpaired) electrons. The third kappa shape index (κ3) is 3.21. The summed E-state index contributed by atoms with van der Waals surface area (Å²) in [5.41, 5.74) is 0.774. The van der Waals surface area contributed by atoms with Gasteiger partial charge in [-0.25, -0.2) is 0 Å². The number of carbonyl (C=O) groups is 2. The molecule has 1 amide bonds. The van der Waals surface area contributed by atoms with Crippen molar-refractivity contribution in [2.45, 2.75) is 58.0 Å². The molecule has 0 spiro atoms. The van der Waals surface area contributed by atoms with E-state index in [1.165, 1.54) is 0 Å². The summed E-state index contributed by atoms with van der Waals surface area (Å²) >= 11 is 0. The Morgan fingerprint density at radius 1 is 1.15 bits per heavy atom. The fourth-order valence-electron chi connectivity index (χ4n) is 4.64. The van der Waals surface area contributed by atoms with Crippen molar-refractivity contribution in [1.29, 1.82) is 0 Å². The number of hydrogen-bond donors (Lipinski definition) is 2. The SMILES string of the molecule is CC1(C)CC(=O)c2cc(C(=O)N3C4CCNCC3CC4)c(=O)[nH]c2C1.Cl. The molecule has 7 heteroatoms. The smallest absolute Gasteiger partial charge is 0.261 e. The van der Waals surface area contributed by atoms with Crippen molar-refractivity contribution in [3.05, 3.63) is 33.2 Å². The number of nitrogens with zero attached hydrogens (tertiary/aromatic N) is 1. The number of carbonyl (C=O) groups excluding carboxylic acids is 2. The zero-order valence-electron chi connectivity index (χ0n) is 15.3. The van der Waals surface area contributed by atoms with E-state index in [-0.39, 0.29) is 52.7 Å². The molecule has 2 bridgehead atoms. The molecule has 2 aliphatic heterocycles. The summed E-state index contributed by atoms with van der Waals surface area (Å²) in [6, 6.07) is 1.88. The van der Waals surface area contributed by atoms with E-state index < -0.39 is 0 Å². The van der Waals surface area contributed by atoms with Crippen LogP contribution in [0.4, 0.5) is 0 Å².